The van der Waals surface area contributed by atoms with Gasteiger partial charge in [-0.2, -0.15) is 0 Å². The maximum Gasteiger partial charge on any atom is 0.328 e. The molecule has 1 N–H and O–H groups in total. The summed E-state index contributed by atoms with van der Waals surface area (Å²) in [6.45, 7) is 0.871. The van der Waals surface area contributed by atoms with Crippen molar-refractivity contribution in [3.63, 3.8) is 0 Å². The molecule has 0 atom stereocenters. The number of fused-ring (bicyclic) bond motifs is 2. The Morgan fingerprint density at radius 3 is 2.88 bits per heavy atom. The minimum atomic E-state index is -0.225. The summed E-state index contributed by atoms with van der Waals surface area (Å²) in [5.74, 6) is 0. The molecule has 2 aromatic carbocycles. The first-order valence-corrected chi connectivity index (χ1v) is 7.70. The van der Waals surface area contributed by atoms with Gasteiger partial charge in [-0.25, -0.2) is 14.8 Å². The van der Waals surface area contributed by atoms with E-state index in [1.807, 2.05) is 24.3 Å². The van der Waals surface area contributed by atoms with Crippen molar-refractivity contribution in [2.45, 2.75) is 6.54 Å². The average molecular weight is 320 g/mol. The van der Waals surface area contributed by atoms with Crippen LogP contribution in [0.2, 0.25) is 0 Å². The Kier molecular flexibility index (Phi) is 3.59. The standard InChI is InChI=1S/C18H16N4O2/c1-24-10-9-22-17-16(21-18(22)23)19-11-15(20-17)14-8-4-6-12-5-2-3-7-13(12)14/h2-8,11H,9-10H2,1H3,(H,19,21,23). The van der Waals surface area contributed by atoms with Gasteiger partial charge in [-0.3, -0.25) is 9.55 Å². The van der Waals surface area contributed by atoms with E-state index in [1.54, 1.807) is 17.9 Å². The fourth-order valence-electron chi connectivity index (χ4n) is 2.89. The van der Waals surface area contributed by atoms with E-state index in [9.17, 15) is 4.79 Å². The summed E-state index contributed by atoms with van der Waals surface area (Å²) >= 11 is 0. The molecule has 0 saturated carbocycles. The summed E-state index contributed by atoms with van der Waals surface area (Å²) in [7, 11) is 1.60. The number of imidazole rings is 1. The second kappa shape index (κ2) is 5.90. The molecule has 24 heavy (non-hydrogen) atoms. The zero-order valence-electron chi connectivity index (χ0n) is 13.2. The first kappa shape index (κ1) is 14.6. The van der Waals surface area contributed by atoms with E-state index in [1.165, 1.54) is 0 Å². The summed E-state index contributed by atoms with van der Waals surface area (Å²) in [6, 6.07) is 14.2. The third kappa shape index (κ3) is 2.37. The van der Waals surface area contributed by atoms with Crippen LogP contribution in [0.3, 0.4) is 0 Å². The first-order chi connectivity index (χ1) is 11.8. The summed E-state index contributed by atoms with van der Waals surface area (Å²) in [5, 5.41) is 2.25. The molecule has 0 amide bonds. The Balaban J connectivity index is 1.92. The van der Waals surface area contributed by atoms with Crippen LogP contribution >= 0.6 is 0 Å². The fraction of sp³-hybridized carbons (Fsp3) is 0.167. The number of methoxy groups -OCH3 is 1. The third-order valence-corrected chi connectivity index (χ3v) is 4.06. The largest absolute Gasteiger partial charge is 0.383 e. The Bertz CT molecular complexity index is 1080. The molecule has 0 spiro atoms. The number of ether oxygens (including phenoxy) is 1. The van der Waals surface area contributed by atoms with Gasteiger partial charge in [-0.1, -0.05) is 42.5 Å². The maximum atomic E-state index is 12.1. The van der Waals surface area contributed by atoms with Crippen LogP contribution in [0.25, 0.3) is 33.3 Å². The van der Waals surface area contributed by atoms with E-state index in [-0.39, 0.29) is 5.69 Å². The highest BCUT2D eigenvalue weighted by Crippen LogP contribution is 2.27. The van der Waals surface area contributed by atoms with Crippen LogP contribution < -0.4 is 5.69 Å². The van der Waals surface area contributed by atoms with E-state index in [2.05, 4.69) is 33.2 Å². The van der Waals surface area contributed by atoms with Gasteiger partial charge in [0.15, 0.2) is 11.3 Å². The highest BCUT2D eigenvalue weighted by Gasteiger charge is 2.12. The number of hydrogen-bond donors (Lipinski definition) is 1. The lowest BCUT2D eigenvalue weighted by atomic mass is 10.0. The Morgan fingerprint density at radius 1 is 1.17 bits per heavy atom. The molecule has 4 aromatic rings. The fourth-order valence-corrected chi connectivity index (χ4v) is 2.89. The molecule has 0 saturated heterocycles. The quantitative estimate of drug-likeness (QED) is 0.627. The lowest BCUT2D eigenvalue weighted by Gasteiger charge is -2.07. The minimum absolute atomic E-state index is 0.225. The van der Waals surface area contributed by atoms with Crippen LogP contribution in [0.1, 0.15) is 0 Å². The summed E-state index contributed by atoms with van der Waals surface area (Å²) in [5.41, 5.74) is 2.54. The number of nitrogens with one attached hydrogen (secondary N) is 1. The van der Waals surface area contributed by atoms with Crippen molar-refractivity contribution in [1.29, 1.82) is 0 Å². The monoisotopic (exact) mass is 320 g/mol. The zero-order chi connectivity index (χ0) is 16.5. The summed E-state index contributed by atoms with van der Waals surface area (Å²) in [6.07, 6.45) is 1.70. The van der Waals surface area contributed by atoms with E-state index in [0.717, 1.165) is 22.0 Å². The molecule has 0 aliphatic carbocycles. The molecule has 2 heterocycles. The molecule has 6 heteroatoms. The van der Waals surface area contributed by atoms with Gasteiger partial charge < -0.3 is 4.74 Å². The molecule has 0 fully saturated rings. The summed E-state index contributed by atoms with van der Waals surface area (Å²) in [4.78, 5) is 23.9. The van der Waals surface area contributed by atoms with Crippen LogP contribution in [-0.4, -0.2) is 33.2 Å². The zero-order valence-corrected chi connectivity index (χ0v) is 13.2. The third-order valence-electron chi connectivity index (χ3n) is 4.06. The molecule has 0 aliphatic heterocycles. The van der Waals surface area contributed by atoms with Crippen LogP contribution in [0.4, 0.5) is 0 Å². The lowest BCUT2D eigenvalue weighted by Crippen LogP contribution is -2.19. The average Bonchev–Trinajstić information content (AvgIpc) is 2.94. The van der Waals surface area contributed by atoms with Gasteiger partial charge in [0.05, 0.1) is 25.0 Å². The SMILES string of the molecule is COCCn1c(=O)[nH]c2ncc(-c3cccc4ccccc34)nc21. The molecular weight excluding hydrogens is 304 g/mol. The smallest absolute Gasteiger partial charge is 0.328 e. The van der Waals surface area contributed by atoms with Crippen LogP contribution in [-0.2, 0) is 11.3 Å². The highest BCUT2D eigenvalue weighted by molar-refractivity contribution is 5.96. The number of nitrogens with zero attached hydrogens (tertiary/aromatic N) is 3. The Hall–Kier alpha value is -2.99. The van der Waals surface area contributed by atoms with Crippen LogP contribution in [0.15, 0.2) is 53.5 Å². The predicted octanol–water partition coefficient (Wildman–Crippen LogP) is 2.59. The first-order valence-electron chi connectivity index (χ1n) is 7.70. The van der Waals surface area contributed by atoms with Crippen molar-refractivity contribution in [2.24, 2.45) is 0 Å². The van der Waals surface area contributed by atoms with E-state index in [4.69, 9.17) is 4.74 Å². The van der Waals surface area contributed by atoms with Gasteiger partial charge >= 0.3 is 5.69 Å². The number of hydrogen-bond acceptors (Lipinski definition) is 4. The predicted molar refractivity (Wildman–Crippen MR) is 93.0 cm³/mol. The topological polar surface area (TPSA) is 72.8 Å². The molecule has 4 rings (SSSR count). The number of aromatic amines is 1. The van der Waals surface area contributed by atoms with Crippen molar-refractivity contribution >= 4 is 22.1 Å². The van der Waals surface area contributed by atoms with E-state index < -0.39 is 0 Å². The summed E-state index contributed by atoms with van der Waals surface area (Å²) < 4.78 is 6.63. The second-order valence-electron chi connectivity index (χ2n) is 5.53. The molecule has 0 radical (unpaired) electrons. The van der Waals surface area contributed by atoms with Gasteiger partial charge in [0.1, 0.15) is 0 Å². The van der Waals surface area contributed by atoms with Crippen LogP contribution in [0, 0.1) is 0 Å². The van der Waals surface area contributed by atoms with Gasteiger partial charge in [0.25, 0.3) is 0 Å². The molecule has 0 bridgehead atoms. The molecule has 6 nitrogen and oxygen atoms in total. The van der Waals surface area contributed by atoms with Crippen molar-refractivity contribution in [3.05, 3.63) is 59.1 Å². The normalized spacial score (nSPS) is 11.4. The highest BCUT2D eigenvalue weighted by atomic mass is 16.5. The van der Waals surface area contributed by atoms with Crippen molar-refractivity contribution in [2.75, 3.05) is 13.7 Å². The minimum Gasteiger partial charge on any atom is -0.383 e. The molecule has 0 aliphatic rings. The molecule has 120 valence electrons. The molecular formula is C18H16N4O2. The number of H-pyrrole nitrogens is 1. The van der Waals surface area contributed by atoms with Gasteiger partial charge in [-0.15, -0.1) is 0 Å². The van der Waals surface area contributed by atoms with Gasteiger partial charge in [0.2, 0.25) is 0 Å². The van der Waals surface area contributed by atoms with E-state index in [0.29, 0.717) is 24.4 Å². The van der Waals surface area contributed by atoms with Crippen molar-refractivity contribution in [1.82, 2.24) is 19.5 Å². The maximum absolute atomic E-state index is 12.1. The van der Waals surface area contributed by atoms with Crippen LogP contribution in [0.5, 0.6) is 0 Å². The lowest BCUT2D eigenvalue weighted by molar-refractivity contribution is 0.187. The van der Waals surface area contributed by atoms with Gasteiger partial charge in [-0.05, 0) is 10.8 Å². The molecule has 0 unspecified atom stereocenters. The second-order valence-corrected chi connectivity index (χ2v) is 5.53. The number of benzene rings is 2. The van der Waals surface area contributed by atoms with Crippen molar-refractivity contribution < 1.29 is 4.74 Å². The van der Waals surface area contributed by atoms with Crippen molar-refractivity contribution in [3.8, 4) is 11.3 Å². The molecule has 2 aromatic heterocycles. The van der Waals surface area contributed by atoms with Gasteiger partial charge in [0, 0.05) is 12.7 Å². The van der Waals surface area contributed by atoms with E-state index >= 15 is 0 Å². The Labute approximate surface area is 137 Å². The number of rotatable bonds is 4. The Morgan fingerprint density at radius 2 is 2.00 bits per heavy atom. The number of aromatic nitrogens is 4.